The molecule has 0 spiro atoms. The molecule has 0 saturated carbocycles. The highest BCUT2D eigenvalue weighted by atomic mass is 16.6. The number of hydrogen-bond donors (Lipinski definition) is 0. The summed E-state index contributed by atoms with van der Waals surface area (Å²) in [7, 11) is 0. The van der Waals surface area contributed by atoms with Crippen molar-refractivity contribution in [3.05, 3.63) is 64.0 Å². The van der Waals surface area contributed by atoms with E-state index in [1.807, 2.05) is 18.3 Å². The molecule has 0 bridgehead atoms. The first-order chi connectivity index (χ1) is 11.6. The van der Waals surface area contributed by atoms with Crippen molar-refractivity contribution in [1.29, 1.82) is 0 Å². The summed E-state index contributed by atoms with van der Waals surface area (Å²) in [6, 6.07) is 8.68. The molecule has 24 heavy (non-hydrogen) atoms. The number of fused-ring (bicyclic) bond motifs is 1. The van der Waals surface area contributed by atoms with Gasteiger partial charge in [-0.2, -0.15) is 0 Å². The minimum atomic E-state index is -0.417. The molecule has 1 aliphatic rings. The third-order valence-electron chi connectivity index (χ3n) is 4.28. The highest BCUT2D eigenvalue weighted by Gasteiger charge is 2.24. The van der Waals surface area contributed by atoms with Crippen LogP contribution >= 0.6 is 0 Å². The lowest BCUT2D eigenvalue weighted by atomic mass is 10.00. The molecule has 6 nitrogen and oxygen atoms in total. The molecule has 1 aromatic heterocycles. The van der Waals surface area contributed by atoms with Gasteiger partial charge >= 0.3 is 0 Å². The Bertz CT molecular complexity index is 746. The molecular weight excluding hydrogens is 306 g/mol. The van der Waals surface area contributed by atoms with E-state index < -0.39 is 4.92 Å². The summed E-state index contributed by atoms with van der Waals surface area (Å²) in [5.41, 5.74) is 2.85. The molecule has 1 aliphatic heterocycles. The molecule has 3 rings (SSSR count). The topological polar surface area (TPSA) is 76.3 Å². The second-order valence-electron chi connectivity index (χ2n) is 5.93. The molecule has 0 fully saturated rings. The highest BCUT2D eigenvalue weighted by Crippen LogP contribution is 2.31. The van der Waals surface area contributed by atoms with Crippen LogP contribution in [0.4, 0.5) is 11.4 Å². The molecule has 1 aromatic carbocycles. The van der Waals surface area contributed by atoms with Crippen LogP contribution in [0.1, 0.15) is 30.4 Å². The van der Waals surface area contributed by atoms with Gasteiger partial charge in [0, 0.05) is 37.5 Å². The maximum Gasteiger partial charge on any atom is 0.271 e. The first-order valence-corrected chi connectivity index (χ1v) is 8.12. The minimum absolute atomic E-state index is 0.0281. The van der Waals surface area contributed by atoms with Gasteiger partial charge in [0.25, 0.3) is 5.69 Å². The minimum Gasteiger partial charge on any atom is -0.312 e. The number of nitro benzene ring substituents is 1. The maximum atomic E-state index is 12.6. The average molecular weight is 325 g/mol. The van der Waals surface area contributed by atoms with Gasteiger partial charge in [-0.25, -0.2) is 0 Å². The Hall–Kier alpha value is -2.76. The van der Waals surface area contributed by atoms with E-state index >= 15 is 0 Å². The molecule has 2 aromatic rings. The summed E-state index contributed by atoms with van der Waals surface area (Å²) in [4.78, 5) is 28.9. The van der Waals surface area contributed by atoms with Gasteiger partial charge in [0.15, 0.2) is 0 Å². The van der Waals surface area contributed by atoms with Crippen molar-refractivity contribution in [2.45, 2.75) is 32.1 Å². The van der Waals surface area contributed by atoms with E-state index in [0.717, 1.165) is 36.8 Å². The number of nitrogens with zero attached hydrogens (tertiary/aromatic N) is 3. The first kappa shape index (κ1) is 16.1. The van der Waals surface area contributed by atoms with Crippen LogP contribution in [0.2, 0.25) is 0 Å². The van der Waals surface area contributed by atoms with Crippen LogP contribution in [-0.2, 0) is 17.6 Å². The van der Waals surface area contributed by atoms with Gasteiger partial charge in [0.1, 0.15) is 0 Å². The van der Waals surface area contributed by atoms with Crippen LogP contribution in [-0.4, -0.2) is 22.4 Å². The van der Waals surface area contributed by atoms with Crippen molar-refractivity contribution in [3.63, 3.8) is 0 Å². The van der Waals surface area contributed by atoms with Crippen LogP contribution in [0.5, 0.6) is 0 Å². The third-order valence-corrected chi connectivity index (χ3v) is 4.28. The second-order valence-corrected chi connectivity index (χ2v) is 5.93. The standard InChI is InChI=1S/C18H19N3O3/c22-18(7-1-4-14-5-2-10-19-13-14)20-11-3-6-15-8-9-16(21(23)24)12-17(15)20/h2,5,8-10,12-13H,1,3-4,6-7,11H2. The molecule has 1 amide bonds. The number of pyridine rings is 1. The average Bonchev–Trinajstić information content (AvgIpc) is 2.61. The number of amides is 1. The summed E-state index contributed by atoms with van der Waals surface area (Å²) in [5, 5.41) is 11.0. The first-order valence-electron chi connectivity index (χ1n) is 8.12. The molecule has 0 aliphatic carbocycles. The van der Waals surface area contributed by atoms with Crippen molar-refractivity contribution in [3.8, 4) is 0 Å². The number of carbonyl (C=O) groups excluding carboxylic acids is 1. The lowest BCUT2D eigenvalue weighted by Crippen LogP contribution is -2.35. The zero-order valence-electron chi connectivity index (χ0n) is 13.4. The number of anilines is 1. The zero-order valence-corrected chi connectivity index (χ0v) is 13.4. The summed E-state index contributed by atoms with van der Waals surface area (Å²) >= 11 is 0. The van der Waals surface area contributed by atoms with Gasteiger partial charge in [0.05, 0.1) is 10.6 Å². The van der Waals surface area contributed by atoms with Gasteiger partial charge in [-0.05, 0) is 42.9 Å². The van der Waals surface area contributed by atoms with E-state index in [1.165, 1.54) is 12.1 Å². The summed E-state index contributed by atoms with van der Waals surface area (Å²) in [6.07, 6.45) is 7.25. The fourth-order valence-corrected chi connectivity index (χ4v) is 3.06. The smallest absolute Gasteiger partial charge is 0.271 e. The molecule has 0 unspecified atom stereocenters. The molecule has 2 heterocycles. The van der Waals surface area contributed by atoms with Crippen LogP contribution in [0.25, 0.3) is 0 Å². The number of non-ortho nitro benzene ring substituents is 1. The van der Waals surface area contributed by atoms with Crippen molar-refractivity contribution < 1.29 is 9.72 Å². The van der Waals surface area contributed by atoms with Crippen LogP contribution in [0, 0.1) is 10.1 Å². The van der Waals surface area contributed by atoms with E-state index in [4.69, 9.17) is 0 Å². The van der Waals surface area contributed by atoms with Crippen LogP contribution in [0.15, 0.2) is 42.7 Å². The van der Waals surface area contributed by atoms with Gasteiger partial charge in [-0.3, -0.25) is 19.9 Å². The van der Waals surface area contributed by atoms with Crippen LogP contribution < -0.4 is 4.90 Å². The van der Waals surface area contributed by atoms with Crippen molar-refractivity contribution >= 4 is 17.3 Å². The Morgan fingerprint density at radius 3 is 2.96 bits per heavy atom. The normalized spacial score (nSPS) is 13.4. The quantitative estimate of drug-likeness (QED) is 0.624. The fourth-order valence-electron chi connectivity index (χ4n) is 3.06. The maximum absolute atomic E-state index is 12.6. The molecular formula is C18H19N3O3. The molecule has 0 radical (unpaired) electrons. The van der Waals surface area contributed by atoms with E-state index in [2.05, 4.69) is 4.98 Å². The van der Waals surface area contributed by atoms with E-state index in [0.29, 0.717) is 18.7 Å². The number of hydrogen-bond acceptors (Lipinski definition) is 4. The Morgan fingerprint density at radius 2 is 2.21 bits per heavy atom. The van der Waals surface area contributed by atoms with Crippen molar-refractivity contribution in [1.82, 2.24) is 4.98 Å². The Morgan fingerprint density at radius 1 is 1.33 bits per heavy atom. The molecule has 0 saturated heterocycles. The highest BCUT2D eigenvalue weighted by molar-refractivity contribution is 5.95. The lowest BCUT2D eigenvalue weighted by molar-refractivity contribution is -0.384. The predicted molar refractivity (Wildman–Crippen MR) is 90.9 cm³/mol. The van der Waals surface area contributed by atoms with Gasteiger partial charge in [-0.15, -0.1) is 0 Å². The van der Waals surface area contributed by atoms with Gasteiger partial charge in [-0.1, -0.05) is 12.1 Å². The summed E-state index contributed by atoms with van der Waals surface area (Å²) in [6.45, 7) is 0.625. The molecule has 0 N–H and O–H groups in total. The third kappa shape index (κ3) is 3.59. The van der Waals surface area contributed by atoms with Gasteiger partial charge < -0.3 is 4.90 Å². The second kappa shape index (κ2) is 7.21. The molecule has 0 atom stereocenters. The lowest BCUT2D eigenvalue weighted by Gasteiger charge is -2.29. The largest absolute Gasteiger partial charge is 0.312 e. The van der Waals surface area contributed by atoms with Crippen LogP contribution in [0.3, 0.4) is 0 Å². The number of aryl methyl sites for hydroxylation is 2. The van der Waals surface area contributed by atoms with Crippen molar-refractivity contribution in [2.75, 3.05) is 11.4 Å². The summed E-state index contributed by atoms with van der Waals surface area (Å²) in [5.74, 6) is 0.0281. The Kier molecular flexibility index (Phi) is 4.84. The predicted octanol–water partition coefficient (Wildman–Crippen LogP) is 3.29. The van der Waals surface area contributed by atoms with Gasteiger partial charge in [0.2, 0.25) is 5.91 Å². The number of aromatic nitrogens is 1. The molecule has 124 valence electrons. The van der Waals surface area contributed by atoms with E-state index in [9.17, 15) is 14.9 Å². The Labute approximate surface area is 140 Å². The van der Waals surface area contributed by atoms with E-state index in [-0.39, 0.29) is 11.6 Å². The number of carbonyl (C=O) groups is 1. The number of nitro groups is 1. The monoisotopic (exact) mass is 325 g/mol. The Balaban J connectivity index is 1.68. The fraction of sp³-hybridized carbons (Fsp3) is 0.333. The zero-order chi connectivity index (χ0) is 16.9. The van der Waals surface area contributed by atoms with Crippen molar-refractivity contribution in [2.24, 2.45) is 0 Å². The number of benzene rings is 1. The SMILES string of the molecule is O=C(CCCc1cccnc1)N1CCCc2ccc([N+](=O)[O-])cc21. The van der Waals surface area contributed by atoms with E-state index in [1.54, 1.807) is 17.2 Å². The summed E-state index contributed by atoms with van der Waals surface area (Å²) < 4.78 is 0. The number of rotatable bonds is 5. The molecule has 6 heteroatoms.